The molecule has 2 nitrogen and oxygen atoms in total. The van der Waals surface area contributed by atoms with Crippen molar-refractivity contribution < 1.29 is 4.79 Å². The summed E-state index contributed by atoms with van der Waals surface area (Å²) < 4.78 is 0. The molecule has 1 atom stereocenters. The Morgan fingerprint density at radius 2 is 1.61 bits per heavy atom. The van der Waals surface area contributed by atoms with E-state index in [1.54, 1.807) is 0 Å². The second-order valence-corrected chi connectivity index (χ2v) is 6.54. The van der Waals surface area contributed by atoms with Crippen LogP contribution >= 0.6 is 0 Å². The van der Waals surface area contributed by atoms with Crippen molar-refractivity contribution >= 4 is 5.78 Å². The Morgan fingerprint density at radius 1 is 0.957 bits per heavy atom. The van der Waals surface area contributed by atoms with E-state index in [9.17, 15) is 4.79 Å². The number of benzene rings is 2. The van der Waals surface area contributed by atoms with Crippen molar-refractivity contribution in [3.8, 4) is 11.1 Å². The van der Waals surface area contributed by atoms with Gasteiger partial charge in [-0.05, 0) is 37.1 Å². The molecule has 1 aliphatic rings. The normalized spacial score (nSPS) is 16.9. The number of hydrogen-bond acceptors (Lipinski definition) is 2. The summed E-state index contributed by atoms with van der Waals surface area (Å²) >= 11 is 0. The third-order valence-electron chi connectivity index (χ3n) is 4.71. The molecule has 0 spiro atoms. The highest BCUT2D eigenvalue weighted by atomic mass is 16.1. The van der Waals surface area contributed by atoms with E-state index in [1.165, 1.54) is 19.3 Å². The Labute approximate surface area is 139 Å². The molecule has 1 heterocycles. The molecule has 0 saturated carbocycles. The molecule has 3 rings (SSSR count). The van der Waals surface area contributed by atoms with Crippen LogP contribution in [0.15, 0.2) is 54.6 Å². The Bertz CT molecular complexity index is 644. The summed E-state index contributed by atoms with van der Waals surface area (Å²) in [6, 6.07) is 18.2. The number of hydrogen-bond donors (Lipinski definition) is 0. The highest BCUT2D eigenvalue weighted by Crippen LogP contribution is 2.26. The Kier molecular flexibility index (Phi) is 5.24. The molecule has 2 aromatic rings. The first-order valence-corrected chi connectivity index (χ1v) is 8.67. The van der Waals surface area contributed by atoms with Gasteiger partial charge in [-0.25, -0.2) is 0 Å². The minimum Gasteiger partial charge on any atom is -0.303 e. The number of likely N-dealkylation sites (tertiary alicyclic amines) is 1. The van der Waals surface area contributed by atoms with Gasteiger partial charge in [0, 0.05) is 18.0 Å². The van der Waals surface area contributed by atoms with Gasteiger partial charge in [0.2, 0.25) is 0 Å². The van der Waals surface area contributed by atoms with Gasteiger partial charge >= 0.3 is 0 Å². The van der Waals surface area contributed by atoms with Gasteiger partial charge in [0.05, 0.1) is 0 Å². The zero-order chi connectivity index (χ0) is 16.1. The average molecular weight is 307 g/mol. The third kappa shape index (κ3) is 3.89. The second-order valence-electron chi connectivity index (χ2n) is 6.54. The summed E-state index contributed by atoms with van der Waals surface area (Å²) in [6.07, 6.45) is 3.86. The van der Waals surface area contributed by atoms with Crippen LogP contribution in [0.25, 0.3) is 11.1 Å². The molecule has 0 bridgehead atoms. The van der Waals surface area contributed by atoms with E-state index >= 15 is 0 Å². The Hall–Kier alpha value is -1.93. The number of Topliss-reactive ketones (excluding diaryl/α,β-unsaturated/α-hetero) is 1. The van der Waals surface area contributed by atoms with Crippen LogP contribution in [0.2, 0.25) is 0 Å². The second kappa shape index (κ2) is 7.56. The van der Waals surface area contributed by atoms with Gasteiger partial charge in [-0.15, -0.1) is 0 Å². The fourth-order valence-corrected chi connectivity index (χ4v) is 3.45. The Balaban J connectivity index is 1.79. The van der Waals surface area contributed by atoms with Gasteiger partial charge in [0.25, 0.3) is 0 Å². The minimum atomic E-state index is 0.0398. The molecule has 2 aromatic carbocycles. The lowest BCUT2D eigenvalue weighted by Gasteiger charge is -2.28. The van der Waals surface area contributed by atoms with E-state index in [1.807, 2.05) is 36.4 Å². The molecule has 0 amide bonds. The van der Waals surface area contributed by atoms with Crippen LogP contribution in [0.4, 0.5) is 0 Å². The Morgan fingerprint density at radius 3 is 2.35 bits per heavy atom. The molecular formula is C21H25NO. The third-order valence-corrected chi connectivity index (χ3v) is 4.71. The van der Waals surface area contributed by atoms with Crippen molar-refractivity contribution in [1.82, 2.24) is 4.90 Å². The van der Waals surface area contributed by atoms with Crippen LogP contribution < -0.4 is 0 Å². The highest BCUT2D eigenvalue weighted by molar-refractivity contribution is 6.03. The maximum Gasteiger partial charge on any atom is 0.167 e. The van der Waals surface area contributed by atoms with Crippen molar-refractivity contribution in [2.45, 2.75) is 26.2 Å². The molecule has 1 saturated heterocycles. The summed E-state index contributed by atoms with van der Waals surface area (Å²) in [4.78, 5) is 15.4. The first kappa shape index (κ1) is 15.9. The fourth-order valence-electron chi connectivity index (χ4n) is 3.45. The van der Waals surface area contributed by atoms with E-state index in [0.29, 0.717) is 0 Å². The van der Waals surface area contributed by atoms with Crippen LogP contribution in [-0.4, -0.2) is 30.3 Å². The topological polar surface area (TPSA) is 20.3 Å². The summed E-state index contributed by atoms with van der Waals surface area (Å²) in [5, 5.41) is 0. The molecule has 0 N–H and O–H groups in total. The molecule has 120 valence electrons. The number of rotatable bonds is 5. The quantitative estimate of drug-likeness (QED) is 0.749. The van der Waals surface area contributed by atoms with Crippen LogP contribution in [0.3, 0.4) is 0 Å². The van der Waals surface area contributed by atoms with Gasteiger partial charge in [-0.1, -0.05) is 67.9 Å². The molecule has 0 aliphatic carbocycles. The van der Waals surface area contributed by atoms with Crippen molar-refractivity contribution in [2.24, 2.45) is 5.92 Å². The standard InChI is InChI=1S/C21H25NO/c1-17(16-22-14-8-3-9-15-22)21(23)20-13-7-6-12-19(20)18-10-4-2-5-11-18/h2,4-7,10-13,17H,3,8-9,14-16H2,1H3. The van der Waals surface area contributed by atoms with Crippen molar-refractivity contribution in [3.05, 3.63) is 60.2 Å². The van der Waals surface area contributed by atoms with Gasteiger partial charge in [-0.3, -0.25) is 4.79 Å². The lowest BCUT2D eigenvalue weighted by Crippen LogP contribution is -2.35. The monoisotopic (exact) mass is 307 g/mol. The molecule has 2 heteroatoms. The number of ketones is 1. The smallest absolute Gasteiger partial charge is 0.167 e. The van der Waals surface area contributed by atoms with Crippen LogP contribution in [0.1, 0.15) is 36.5 Å². The van der Waals surface area contributed by atoms with Gasteiger partial charge < -0.3 is 4.90 Å². The number of carbonyl (C=O) groups is 1. The maximum absolute atomic E-state index is 13.0. The number of nitrogens with zero attached hydrogens (tertiary/aromatic N) is 1. The molecule has 1 unspecified atom stereocenters. The zero-order valence-electron chi connectivity index (χ0n) is 13.9. The van der Waals surface area contributed by atoms with Crippen molar-refractivity contribution in [3.63, 3.8) is 0 Å². The number of carbonyl (C=O) groups excluding carboxylic acids is 1. The fraction of sp³-hybridized carbons (Fsp3) is 0.381. The summed E-state index contributed by atoms with van der Waals surface area (Å²) in [5.74, 6) is 0.299. The zero-order valence-corrected chi connectivity index (χ0v) is 13.9. The van der Waals surface area contributed by atoms with Gasteiger partial charge in [0.15, 0.2) is 5.78 Å². The first-order valence-electron chi connectivity index (χ1n) is 8.67. The molecule has 1 aliphatic heterocycles. The molecule has 23 heavy (non-hydrogen) atoms. The van der Waals surface area contributed by atoms with Gasteiger partial charge in [0.1, 0.15) is 0 Å². The van der Waals surface area contributed by atoms with E-state index in [-0.39, 0.29) is 11.7 Å². The van der Waals surface area contributed by atoms with Crippen LogP contribution in [-0.2, 0) is 0 Å². The molecular weight excluding hydrogens is 282 g/mol. The van der Waals surface area contributed by atoms with Gasteiger partial charge in [-0.2, -0.15) is 0 Å². The van der Waals surface area contributed by atoms with E-state index in [0.717, 1.165) is 36.3 Å². The lowest BCUT2D eigenvalue weighted by atomic mass is 9.91. The number of piperidine rings is 1. The molecule has 1 fully saturated rings. The van der Waals surface area contributed by atoms with E-state index < -0.39 is 0 Å². The molecule has 0 aromatic heterocycles. The summed E-state index contributed by atoms with van der Waals surface area (Å²) in [5.41, 5.74) is 3.01. The summed E-state index contributed by atoms with van der Waals surface area (Å²) in [6.45, 7) is 5.22. The summed E-state index contributed by atoms with van der Waals surface area (Å²) in [7, 11) is 0. The highest BCUT2D eigenvalue weighted by Gasteiger charge is 2.22. The van der Waals surface area contributed by atoms with Crippen LogP contribution in [0, 0.1) is 5.92 Å². The minimum absolute atomic E-state index is 0.0398. The van der Waals surface area contributed by atoms with Crippen molar-refractivity contribution in [1.29, 1.82) is 0 Å². The lowest BCUT2D eigenvalue weighted by molar-refractivity contribution is 0.0884. The molecule has 0 radical (unpaired) electrons. The van der Waals surface area contributed by atoms with E-state index in [4.69, 9.17) is 0 Å². The van der Waals surface area contributed by atoms with Crippen LogP contribution in [0.5, 0.6) is 0 Å². The first-order chi connectivity index (χ1) is 11.3. The maximum atomic E-state index is 13.0. The van der Waals surface area contributed by atoms with Crippen molar-refractivity contribution in [2.75, 3.05) is 19.6 Å². The average Bonchev–Trinajstić information content (AvgIpc) is 2.62. The van der Waals surface area contributed by atoms with E-state index in [2.05, 4.69) is 30.0 Å². The SMILES string of the molecule is CC(CN1CCCCC1)C(=O)c1ccccc1-c1ccccc1. The predicted molar refractivity (Wildman–Crippen MR) is 95.7 cm³/mol. The largest absolute Gasteiger partial charge is 0.303 e. The predicted octanol–water partition coefficient (Wildman–Crippen LogP) is 4.66.